The molecule has 0 aliphatic heterocycles. The van der Waals surface area contributed by atoms with Crippen molar-refractivity contribution in [3.8, 4) is 83.6 Å². The average molecular weight is 1070 g/mol. The lowest BCUT2D eigenvalue weighted by Crippen LogP contribution is -2.26. The van der Waals surface area contributed by atoms with Gasteiger partial charge in [0.05, 0.1) is 16.4 Å². The van der Waals surface area contributed by atoms with Gasteiger partial charge in [-0.05, 0) is 190 Å². The lowest BCUT2D eigenvalue weighted by atomic mass is 9.69. The van der Waals surface area contributed by atoms with Crippen LogP contribution in [-0.2, 0) is 10.8 Å². The van der Waals surface area contributed by atoms with Gasteiger partial charge in [-0.2, -0.15) is 0 Å². The molecule has 3 aliphatic rings. The van der Waals surface area contributed by atoms with Gasteiger partial charge in [0.15, 0.2) is 0 Å². The fourth-order valence-corrected chi connectivity index (χ4v) is 15.0. The van der Waals surface area contributed by atoms with Crippen molar-refractivity contribution < 1.29 is 0 Å². The fraction of sp³-hybridized carbons (Fsp3) is 0.0488. The Morgan fingerprint density at radius 2 is 0.702 bits per heavy atom. The molecule has 0 unspecified atom stereocenters. The van der Waals surface area contributed by atoms with Gasteiger partial charge in [0.2, 0.25) is 0 Å². The van der Waals surface area contributed by atoms with Crippen molar-refractivity contribution in [2.24, 2.45) is 0 Å². The molecule has 17 rings (SSSR count). The van der Waals surface area contributed by atoms with Crippen LogP contribution in [0, 0.1) is 0 Å². The van der Waals surface area contributed by atoms with E-state index in [0.29, 0.717) is 0 Å². The Kier molecular flexibility index (Phi) is 10.6. The van der Waals surface area contributed by atoms with E-state index in [-0.39, 0.29) is 5.41 Å². The number of hydrogen-bond donors (Lipinski definition) is 0. The monoisotopic (exact) mass is 1070 g/mol. The van der Waals surface area contributed by atoms with Crippen molar-refractivity contribution in [2.45, 2.75) is 24.7 Å². The fourth-order valence-electron chi connectivity index (χ4n) is 15.0. The number of para-hydroxylation sites is 2. The first-order chi connectivity index (χ1) is 41.4. The molecule has 0 N–H and O–H groups in total. The van der Waals surface area contributed by atoms with Crippen molar-refractivity contribution in [3.63, 3.8) is 0 Å². The zero-order valence-corrected chi connectivity index (χ0v) is 46.8. The maximum atomic E-state index is 2.57. The van der Waals surface area contributed by atoms with Crippen molar-refractivity contribution in [3.05, 3.63) is 337 Å². The maximum absolute atomic E-state index is 2.57. The second-order valence-corrected chi connectivity index (χ2v) is 23.5. The third-order valence-electron chi connectivity index (χ3n) is 18.8. The van der Waals surface area contributed by atoms with Gasteiger partial charge < -0.3 is 9.47 Å². The summed E-state index contributed by atoms with van der Waals surface area (Å²) < 4.78 is 2.42. The molecule has 84 heavy (non-hydrogen) atoms. The van der Waals surface area contributed by atoms with E-state index < -0.39 is 5.41 Å². The minimum absolute atomic E-state index is 0.186. The second-order valence-electron chi connectivity index (χ2n) is 23.5. The zero-order chi connectivity index (χ0) is 55.7. The van der Waals surface area contributed by atoms with E-state index in [1.807, 2.05) is 0 Å². The van der Waals surface area contributed by atoms with E-state index in [1.54, 1.807) is 0 Å². The number of rotatable bonds is 8. The highest BCUT2D eigenvalue weighted by molar-refractivity contribution is 6.11. The zero-order valence-electron chi connectivity index (χ0n) is 46.8. The normalized spacial score (nSPS) is 13.5. The second kappa shape index (κ2) is 18.5. The molecule has 2 heteroatoms. The average Bonchev–Trinajstić information content (AvgIpc) is 2.22. The third kappa shape index (κ3) is 7.04. The van der Waals surface area contributed by atoms with Gasteiger partial charge >= 0.3 is 0 Å². The first-order valence-corrected chi connectivity index (χ1v) is 29.4. The minimum atomic E-state index is -0.714. The van der Waals surface area contributed by atoms with Crippen LogP contribution in [0.1, 0.15) is 47.2 Å². The standard InChI is InChI=1S/C82H56N2/c1-81(2)72-31-17-15-28-65(72)66-45-41-62(51-74(66)81)83(61-39-34-56(35-40-61)53-20-7-3-8-21-53)63-42-46-70-77(52-63)82(75-49-57(54-22-9-4-10-23-54)36-43-67(75)68-44-37-58(50-76(68)82)55-24-11-5-12-25-55)73-32-19-30-64(80(70)73)59-38-47-79-71(48-59)69-29-16-18-33-78(69)84(79)60-26-13-6-14-27-60/h3-52H,1-2H3. The largest absolute Gasteiger partial charge is 0.310 e. The summed E-state index contributed by atoms with van der Waals surface area (Å²) in [6.45, 7) is 4.77. The summed E-state index contributed by atoms with van der Waals surface area (Å²) in [5.74, 6) is 0. The number of hydrogen-bond acceptors (Lipinski definition) is 1. The predicted octanol–water partition coefficient (Wildman–Crippen LogP) is 21.6. The molecule has 1 aromatic heterocycles. The maximum Gasteiger partial charge on any atom is 0.0726 e. The summed E-state index contributed by atoms with van der Waals surface area (Å²) in [4.78, 5) is 2.51. The van der Waals surface area contributed by atoms with Crippen LogP contribution in [0.15, 0.2) is 303 Å². The van der Waals surface area contributed by atoms with Gasteiger partial charge in [0, 0.05) is 38.9 Å². The summed E-state index contributed by atoms with van der Waals surface area (Å²) in [5, 5.41) is 2.47. The molecule has 0 fully saturated rings. The summed E-state index contributed by atoms with van der Waals surface area (Å²) in [6.07, 6.45) is 0. The van der Waals surface area contributed by atoms with Crippen LogP contribution in [-0.4, -0.2) is 4.57 Å². The molecule has 394 valence electrons. The highest BCUT2D eigenvalue weighted by atomic mass is 15.1. The smallest absolute Gasteiger partial charge is 0.0726 e. The van der Waals surface area contributed by atoms with Crippen molar-refractivity contribution in [1.82, 2.24) is 4.57 Å². The van der Waals surface area contributed by atoms with E-state index in [4.69, 9.17) is 0 Å². The molecule has 0 saturated carbocycles. The topological polar surface area (TPSA) is 8.17 Å². The molecule has 0 radical (unpaired) electrons. The first-order valence-electron chi connectivity index (χ1n) is 29.4. The minimum Gasteiger partial charge on any atom is -0.310 e. The number of benzene rings is 13. The molecule has 0 bridgehead atoms. The Bertz CT molecular complexity index is 4860. The SMILES string of the molecule is CC1(C)c2ccccc2-c2ccc(N(c3ccc(-c4ccccc4)cc3)c3ccc4c(c3)C3(c5cc(-c6ccccc6)ccc5-c5ccc(-c6ccccc6)cc53)c3cccc(-c5ccc6c(c5)c5ccccc5n6-c5ccccc5)c3-4)cc21. The van der Waals surface area contributed by atoms with Gasteiger partial charge in [0.25, 0.3) is 0 Å². The summed E-state index contributed by atoms with van der Waals surface area (Å²) in [5.41, 5.74) is 31.1. The van der Waals surface area contributed by atoms with Crippen LogP contribution in [0.2, 0.25) is 0 Å². The van der Waals surface area contributed by atoms with Crippen LogP contribution in [0.5, 0.6) is 0 Å². The van der Waals surface area contributed by atoms with Crippen molar-refractivity contribution >= 4 is 38.9 Å². The van der Waals surface area contributed by atoms with Gasteiger partial charge in [-0.25, -0.2) is 0 Å². The third-order valence-corrected chi connectivity index (χ3v) is 18.8. The highest BCUT2D eigenvalue weighted by Crippen LogP contribution is 2.66. The summed E-state index contributed by atoms with van der Waals surface area (Å²) >= 11 is 0. The quantitative estimate of drug-likeness (QED) is 0.147. The first kappa shape index (κ1) is 48.2. The molecule has 0 saturated heterocycles. The van der Waals surface area contributed by atoms with Gasteiger partial charge in [-0.3, -0.25) is 0 Å². The predicted molar refractivity (Wildman–Crippen MR) is 351 cm³/mol. The van der Waals surface area contributed by atoms with Crippen LogP contribution in [0.3, 0.4) is 0 Å². The van der Waals surface area contributed by atoms with Crippen molar-refractivity contribution in [1.29, 1.82) is 0 Å². The van der Waals surface area contributed by atoms with Crippen LogP contribution >= 0.6 is 0 Å². The molecule has 1 heterocycles. The van der Waals surface area contributed by atoms with Gasteiger partial charge in [0.1, 0.15) is 0 Å². The van der Waals surface area contributed by atoms with Crippen LogP contribution in [0.25, 0.3) is 105 Å². The summed E-state index contributed by atoms with van der Waals surface area (Å²) in [7, 11) is 0. The molecular formula is C82H56N2. The van der Waals surface area contributed by atoms with E-state index in [0.717, 1.165) is 22.7 Å². The molecule has 0 amide bonds. The van der Waals surface area contributed by atoms with E-state index in [9.17, 15) is 0 Å². The molecule has 3 aliphatic carbocycles. The lowest BCUT2D eigenvalue weighted by molar-refractivity contribution is 0.660. The van der Waals surface area contributed by atoms with Crippen molar-refractivity contribution in [2.75, 3.05) is 4.90 Å². The Balaban J connectivity index is 0.950. The van der Waals surface area contributed by atoms with E-state index in [2.05, 4.69) is 327 Å². The van der Waals surface area contributed by atoms with Crippen LogP contribution in [0.4, 0.5) is 17.1 Å². The molecular weight excluding hydrogens is 1010 g/mol. The van der Waals surface area contributed by atoms with Gasteiger partial charge in [-0.1, -0.05) is 238 Å². The number of anilines is 3. The van der Waals surface area contributed by atoms with E-state index >= 15 is 0 Å². The van der Waals surface area contributed by atoms with E-state index in [1.165, 1.54) is 133 Å². The molecule has 13 aromatic carbocycles. The van der Waals surface area contributed by atoms with Crippen LogP contribution < -0.4 is 4.90 Å². The Morgan fingerprint density at radius 1 is 0.262 bits per heavy atom. The summed E-state index contributed by atoms with van der Waals surface area (Å²) in [6, 6.07) is 114. The number of nitrogens with zero attached hydrogens (tertiary/aromatic N) is 2. The Morgan fingerprint density at radius 3 is 1.37 bits per heavy atom. The number of aromatic nitrogens is 1. The molecule has 14 aromatic rings. The molecule has 1 spiro atoms. The highest BCUT2D eigenvalue weighted by Gasteiger charge is 2.53. The van der Waals surface area contributed by atoms with Gasteiger partial charge in [-0.15, -0.1) is 0 Å². The Labute approximate surface area is 490 Å². The molecule has 2 nitrogen and oxygen atoms in total. The number of fused-ring (bicyclic) bond motifs is 16. The molecule has 0 atom stereocenters. The lowest BCUT2D eigenvalue weighted by Gasteiger charge is -2.33. The Hall–Kier alpha value is -10.5.